The van der Waals surface area contributed by atoms with Crippen molar-refractivity contribution in [3.05, 3.63) is 35.4 Å². The van der Waals surface area contributed by atoms with E-state index in [1.54, 1.807) is 24.3 Å². The molecule has 0 radical (unpaired) electrons. The number of esters is 1. The van der Waals surface area contributed by atoms with Gasteiger partial charge in [-0.05, 0) is 18.6 Å². The van der Waals surface area contributed by atoms with Crippen LogP contribution in [0.3, 0.4) is 0 Å². The first-order valence-electron chi connectivity index (χ1n) is 6.75. The lowest BCUT2D eigenvalue weighted by Crippen LogP contribution is -2.31. The molecule has 0 aliphatic carbocycles. The molecule has 0 aromatic heterocycles. The molecule has 1 aromatic carbocycles. The average Bonchev–Trinajstić information content (AvgIpc) is 2.73. The molecule has 0 spiro atoms. The number of ether oxygens (including phenoxy) is 2. The fraction of sp³-hybridized carbons (Fsp3) is 0.400. The lowest BCUT2D eigenvalue weighted by atomic mass is 10.1. The van der Waals surface area contributed by atoms with E-state index in [-0.39, 0.29) is 37.4 Å². The molecule has 21 heavy (non-hydrogen) atoms. The Labute approximate surface area is 122 Å². The number of rotatable bonds is 7. The van der Waals surface area contributed by atoms with Crippen molar-refractivity contribution in [2.24, 2.45) is 0 Å². The largest absolute Gasteiger partial charge is 0.463 e. The van der Waals surface area contributed by atoms with Crippen molar-refractivity contribution in [1.82, 2.24) is 4.90 Å². The second-order valence-electron chi connectivity index (χ2n) is 4.62. The van der Waals surface area contributed by atoms with Crippen LogP contribution in [0.5, 0.6) is 0 Å². The van der Waals surface area contributed by atoms with Crippen LogP contribution in [0.4, 0.5) is 0 Å². The van der Waals surface area contributed by atoms with Crippen LogP contribution in [0.25, 0.3) is 0 Å². The maximum atomic E-state index is 12.1. The number of imide groups is 1. The first-order chi connectivity index (χ1) is 10.1. The minimum Gasteiger partial charge on any atom is -0.463 e. The quantitative estimate of drug-likeness (QED) is 0.429. The maximum absolute atomic E-state index is 12.1. The highest BCUT2D eigenvalue weighted by molar-refractivity contribution is 6.21. The van der Waals surface area contributed by atoms with Crippen molar-refractivity contribution in [3.8, 4) is 0 Å². The smallest absolute Gasteiger partial charge is 0.305 e. The van der Waals surface area contributed by atoms with Gasteiger partial charge in [-0.2, -0.15) is 0 Å². The first kappa shape index (κ1) is 15.2. The van der Waals surface area contributed by atoms with Crippen molar-refractivity contribution in [1.29, 1.82) is 0 Å². The zero-order valence-corrected chi connectivity index (χ0v) is 11.8. The number of carbonyl (C=O) groups excluding carboxylic acids is 3. The molecule has 0 saturated heterocycles. The summed E-state index contributed by atoms with van der Waals surface area (Å²) in [7, 11) is 1.52. The van der Waals surface area contributed by atoms with Crippen LogP contribution in [-0.2, 0) is 14.3 Å². The lowest BCUT2D eigenvalue weighted by Gasteiger charge is -2.13. The Morgan fingerprint density at radius 3 is 2.29 bits per heavy atom. The van der Waals surface area contributed by atoms with Crippen LogP contribution < -0.4 is 0 Å². The second-order valence-corrected chi connectivity index (χ2v) is 4.62. The van der Waals surface area contributed by atoms with Crippen LogP contribution in [0.1, 0.15) is 33.6 Å². The predicted molar refractivity (Wildman–Crippen MR) is 73.9 cm³/mol. The van der Waals surface area contributed by atoms with Gasteiger partial charge in [0.05, 0.1) is 17.7 Å². The Balaban J connectivity index is 1.81. The summed E-state index contributed by atoms with van der Waals surface area (Å²) in [5.74, 6) is -0.963. The number of benzene rings is 1. The maximum Gasteiger partial charge on any atom is 0.305 e. The molecule has 112 valence electrons. The van der Waals surface area contributed by atoms with Gasteiger partial charge in [0.25, 0.3) is 11.8 Å². The Kier molecular flexibility index (Phi) is 5.05. The average molecular weight is 291 g/mol. The number of hydrogen-bond donors (Lipinski definition) is 0. The van der Waals surface area contributed by atoms with E-state index in [0.29, 0.717) is 24.2 Å². The summed E-state index contributed by atoms with van der Waals surface area (Å²) in [5, 5.41) is 0. The van der Waals surface area contributed by atoms with Crippen molar-refractivity contribution in [2.45, 2.75) is 12.8 Å². The molecule has 2 rings (SSSR count). The van der Waals surface area contributed by atoms with E-state index in [1.165, 1.54) is 12.0 Å². The van der Waals surface area contributed by atoms with Crippen molar-refractivity contribution in [3.63, 3.8) is 0 Å². The van der Waals surface area contributed by atoms with Crippen molar-refractivity contribution < 1.29 is 23.9 Å². The van der Waals surface area contributed by atoms with Gasteiger partial charge in [-0.1, -0.05) is 12.1 Å². The summed E-state index contributed by atoms with van der Waals surface area (Å²) in [5.41, 5.74) is 0.843. The fourth-order valence-electron chi connectivity index (χ4n) is 2.13. The number of fused-ring (bicyclic) bond motifs is 1. The van der Waals surface area contributed by atoms with Crippen molar-refractivity contribution >= 4 is 17.8 Å². The number of methoxy groups -OCH3 is 1. The molecule has 6 heteroatoms. The SMILES string of the molecule is COCCOC(=O)CCCN1C(=O)c2ccccc2C1=O. The molecule has 0 saturated carbocycles. The van der Waals surface area contributed by atoms with Gasteiger partial charge in [0.1, 0.15) is 6.61 Å². The molecule has 0 N–H and O–H groups in total. The standard InChI is InChI=1S/C15H17NO5/c1-20-9-10-21-13(17)7-4-8-16-14(18)11-5-2-3-6-12(11)15(16)19/h2-3,5-6H,4,7-10H2,1H3. The monoisotopic (exact) mass is 291 g/mol. The summed E-state index contributed by atoms with van der Waals surface area (Å²) in [6.45, 7) is 0.776. The Bertz CT molecular complexity index is 520. The zero-order chi connectivity index (χ0) is 15.2. The van der Waals surface area contributed by atoms with E-state index in [0.717, 1.165) is 0 Å². The van der Waals surface area contributed by atoms with Gasteiger partial charge in [-0.25, -0.2) is 0 Å². The first-order valence-corrected chi connectivity index (χ1v) is 6.75. The van der Waals surface area contributed by atoms with Crippen LogP contribution in [0, 0.1) is 0 Å². The molecule has 1 aliphatic heterocycles. The molecular formula is C15H17NO5. The van der Waals surface area contributed by atoms with Crippen molar-refractivity contribution in [2.75, 3.05) is 26.9 Å². The van der Waals surface area contributed by atoms with Gasteiger partial charge < -0.3 is 9.47 Å². The molecule has 0 fully saturated rings. The Morgan fingerprint density at radius 1 is 1.10 bits per heavy atom. The molecule has 1 heterocycles. The topological polar surface area (TPSA) is 72.9 Å². The molecule has 0 unspecified atom stereocenters. The van der Waals surface area contributed by atoms with E-state index >= 15 is 0 Å². The summed E-state index contributed by atoms with van der Waals surface area (Å²) in [4.78, 5) is 36.7. The molecule has 1 aliphatic rings. The molecule has 0 bridgehead atoms. The molecule has 1 aromatic rings. The Hall–Kier alpha value is -2.21. The van der Waals surface area contributed by atoms with Gasteiger partial charge in [-0.15, -0.1) is 0 Å². The number of nitrogens with zero attached hydrogens (tertiary/aromatic N) is 1. The third kappa shape index (κ3) is 3.46. The van der Waals surface area contributed by atoms with E-state index < -0.39 is 0 Å². The van der Waals surface area contributed by atoms with E-state index in [9.17, 15) is 14.4 Å². The number of hydrogen-bond acceptors (Lipinski definition) is 5. The molecule has 6 nitrogen and oxygen atoms in total. The van der Waals surface area contributed by atoms with Crippen LogP contribution >= 0.6 is 0 Å². The molecular weight excluding hydrogens is 274 g/mol. The second kappa shape index (κ2) is 6.99. The van der Waals surface area contributed by atoms with Gasteiger partial charge in [0.2, 0.25) is 0 Å². The normalized spacial score (nSPS) is 13.5. The number of carbonyl (C=O) groups is 3. The summed E-state index contributed by atoms with van der Waals surface area (Å²) < 4.78 is 9.68. The number of amides is 2. The van der Waals surface area contributed by atoms with E-state index in [4.69, 9.17) is 9.47 Å². The van der Waals surface area contributed by atoms with Crippen LogP contribution in [-0.4, -0.2) is 49.6 Å². The van der Waals surface area contributed by atoms with Gasteiger partial charge in [0.15, 0.2) is 0 Å². The Morgan fingerprint density at radius 2 is 1.71 bits per heavy atom. The molecule has 0 atom stereocenters. The molecule has 2 amide bonds. The summed E-state index contributed by atoms with van der Waals surface area (Å²) in [6.07, 6.45) is 0.550. The lowest BCUT2D eigenvalue weighted by molar-refractivity contribution is -0.145. The predicted octanol–water partition coefficient (Wildman–Crippen LogP) is 1.25. The highest BCUT2D eigenvalue weighted by Crippen LogP contribution is 2.22. The summed E-state index contributed by atoms with van der Waals surface area (Å²) >= 11 is 0. The van der Waals surface area contributed by atoms with Gasteiger partial charge in [-0.3, -0.25) is 19.3 Å². The third-order valence-corrected chi connectivity index (χ3v) is 3.19. The van der Waals surface area contributed by atoms with Crippen LogP contribution in [0.2, 0.25) is 0 Å². The van der Waals surface area contributed by atoms with E-state index in [2.05, 4.69) is 0 Å². The van der Waals surface area contributed by atoms with E-state index in [1.807, 2.05) is 0 Å². The van der Waals surface area contributed by atoms with Gasteiger partial charge >= 0.3 is 5.97 Å². The zero-order valence-electron chi connectivity index (χ0n) is 11.8. The highest BCUT2D eigenvalue weighted by atomic mass is 16.6. The summed E-state index contributed by atoms with van der Waals surface area (Å²) in [6, 6.07) is 6.71. The van der Waals surface area contributed by atoms with Gasteiger partial charge in [0, 0.05) is 20.1 Å². The van der Waals surface area contributed by atoms with Crippen LogP contribution in [0.15, 0.2) is 24.3 Å². The minimum atomic E-state index is -0.358. The fourth-order valence-corrected chi connectivity index (χ4v) is 2.13. The highest BCUT2D eigenvalue weighted by Gasteiger charge is 2.34. The third-order valence-electron chi connectivity index (χ3n) is 3.19. The minimum absolute atomic E-state index is 0.164.